The minimum atomic E-state index is -4.40. The van der Waals surface area contributed by atoms with E-state index in [1.165, 1.54) is 56.6 Å². The number of hydrogen-bond acceptors (Lipinski definition) is 5. The molecule has 4 rings (SSSR count). The third kappa shape index (κ3) is 7.98. The number of aromatic nitrogens is 1. The van der Waals surface area contributed by atoms with Gasteiger partial charge >= 0.3 is 12.1 Å². The second kappa shape index (κ2) is 13.5. The summed E-state index contributed by atoms with van der Waals surface area (Å²) < 4.78 is 51.3. The summed E-state index contributed by atoms with van der Waals surface area (Å²) in [6.07, 6.45) is 2.26. The molecule has 1 saturated carbocycles. The number of aliphatic carboxylic acids is 1. The highest BCUT2D eigenvalue weighted by molar-refractivity contribution is 7.15. The van der Waals surface area contributed by atoms with Crippen molar-refractivity contribution < 1.29 is 32.5 Å². The molecule has 0 aliphatic heterocycles. The maximum atomic E-state index is 13.1. The molecule has 0 radical (unpaired) electrons. The zero-order valence-electron chi connectivity index (χ0n) is 23.7. The number of aryl methyl sites for hydroxylation is 2. The molecule has 0 spiro atoms. The predicted molar refractivity (Wildman–Crippen MR) is 160 cm³/mol. The van der Waals surface area contributed by atoms with Crippen molar-refractivity contribution in [3.8, 4) is 16.3 Å². The van der Waals surface area contributed by atoms with Crippen LogP contribution in [0.5, 0.6) is 5.75 Å². The zero-order valence-corrected chi connectivity index (χ0v) is 26.0. The summed E-state index contributed by atoms with van der Waals surface area (Å²) in [5.74, 6) is -0.467. The number of alkyl halides is 3. The van der Waals surface area contributed by atoms with Gasteiger partial charge in [0.25, 0.3) is 0 Å². The van der Waals surface area contributed by atoms with Gasteiger partial charge in [-0.1, -0.05) is 60.7 Å². The Balaban J connectivity index is 1.56. The third-order valence-corrected chi connectivity index (χ3v) is 9.73. The van der Waals surface area contributed by atoms with E-state index in [1.807, 2.05) is 6.92 Å². The van der Waals surface area contributed by atoms with Crippen LogP contribution in [-0.4, -0.2) is 28.3 Å². The molecule has 3 aromatic rings. The van der Waals surface area contributed by atoms with Crippen molar-refractivity contribution in [3.05, 3.63) is 68.1 Å². The Kier molecular flexibility index (Phi) is 10.5. The van der Waals surface area contributed by atoms with E-state index in [1.54, 1.807) is 12.1 Å². The SMILES string of the molecule is Cc1nc(-c2ccc(C(F)(F)F)cc2)sc1C(CCc1ccc(OC(C)(C)C(=O)O)c(Cl)c1Cl)OCC1CCCCC1. The molecule has 1 fully saturated rings. The van der Waals surface area contributed by atoms with Gasteiger partial charge in [0.15, 0.2) is 5.60 Å². The van der Waals surface area contributed by atoms with Crippen LogP contribution in [0.3, 0.4) is 0 Å². The maximum absolute atomic E-state index is 13.1. The average Bonchev–Trinajstić information content (AvgIpc) is 3.33. The first-order valence-corrected chi connectivity index (χ1v) is 15.5. The Morgan fingerprint density at radius 2 is 1.74 bits per heavy atom. The molecule has 1 atom stereocenters. The van der Waals surface area contributed by atoms with Gasteiger partial charge in [-0.2, -0.15) is 13.2 Å². The number of thiazole rings is 1. The summed E-state index contributed by atoms with van der Waals surface area (Å²) in [5, 5.41) is 10.4. The first kappa shape index (κ1) is 32.6. The number of halogens is 5. The molecular formula is C31H34Cl2F3NO4S. The molecular weight excluding hydrogens is 610 g/mol. The van der Waals surface area contributed by atoms with Gasteiger partial charge in [0.2, 0.25) is 0 Å². The number of nitrogens with zero attached hydrogens (tertiary/aromatic N) is 1. The van der Waals surface area contributed by atoms with Crippen LogP contribution in [0.4, 0.5) is 13.2 Å². The number of benzene rings is 2. The Bertz CT molecular complexity index is 1390. The summed E-state index contributed by atoms with van der Waals surface area (Å²) in [7, 11) is 0. The molecule has 0 bridgehead atoms. The maximum Gasteiger partial charge on any atom is 0.416 e. The van der Waals surface area contributed by atoms with Crippen molar-refractivity contribution in [2.75, 3.05) is 6.61 Å². The van der Waals surface area contributed by atoms with Gasteiger partial charge in [-0.05, 0) is 76.1 Å². The lowest BCUT2D eigenvalue weighted by Gasteiger charge is -2.25. The van der Waals surface area contributed by atoms with Crippen molar-refractivity contribution in [2.24, 2.45) is 5.92 Å². The Labute approximate surface area is 258 Å². The van der Waals surface area contributed by atoms with E-state index in [9.17, 15) is 23.1 Å². The van der Waals surface area contributed by atoms with Crippen LogP contribution < -0.4 is 4.74 Å². The number of ether oxygens (including phenoxy) is 2. The molecule has 1 heterocycles. The highest BCUT2D eigenvalue weighted by Gasteiger charge is 2.32. The molecule has 0 saturated heterocycles. The van der Waals surface area contributed by atoms with Crippen LogP contribution in [0.1, 0.15) is 80.2 Å². The van der Waals surface area contributed by atoms with Gasteiger partial charge in [-0.25, -0.2) is 9.78 Å². The summed E-state index contributed by atoms with van der Waals surface area (Å²) in [4.78, 5) is 17.1. The number of hydrogen-bond donors (Lipinski definition) is 1. The van der Waals surface area contributed by atoms with Crippen LogP contribution in [0.25, 0.3) is 10.6 Å². The third-order valence-electron chi connectivity index (χ3n) is 7.52. The molecule has 5 nitrogen and oxygen atoms in total. The highest BCUT2D eigenvalue weighted by atomic mass is 35.5. The second-order valence-corrected chi connectivity index (χ2v) is 13.0. The van der Waals surface area contributed by atoms with Gasteiger partial charge in [0, 0.05) is 5.56 Å². The van der Waals surface area contributed by atoms with Crippen molar-refractivity contribution in [1.29, 1.82) is 0 Å². The Morgan fingerprint density at radius 3 is 2.36 bits per heavy atom. The molecule has 1 aliphatic carbocycles. The molecule has 2 aromatic carbocycles. The second-order valence-electron chi connectivity index (χ2n) is 11.2. The van der Waals surface area contributed by atoms with E-state index in [-0.39, 0.29) is 21.9 Å². The molecule has 1 aliphatic rings. The van der Waals surface area contributed by atoms with Crippen LogP contribution in [-0.2, 0) is 22.1 Å². The van der Waals surface area contributed by atoms with Crippen molar-refractivity contribution in [1.82, 2.24) is 4.98 Å². The van der Waals surface area contributed by atoms with Crippen LogP contribution >= 0.6 is 34.5 Å². The van der Waals surface area contributed by atoms with Crippen LogP contribution in [0.2, 0.25) is 10.0 Å². The monoisotopic (exact) mass is 643 g/mol. The number of rotatable bonds is 11. The fraction of sp³-hybridized carbons (Fsp3) is 0.484. The van der Waals surface area contributed by atoms with Crippen molar-refractivity contribution in [2.45, 2.75) is 83.6 Å². The summed E-state index contributed by atoms with van der Waals surface area (Å²) in [5.41, 5.74) is -0.0399. The molecule has 0 amide bonds. The van der Waals surface area contributed by atoms with Crippen molar-refractivity contribution >= 4 is 40.5 Å². The molecule has 1 aromatic heterocycles. The van der Waals surface area contributed by atoms with Gasteiger partial charge < -0.3 is 14.6 Å². The molecule has 228 valence electrons. The van der Waals surface area contributed by atoms with E-state index >= 15 is 0 Å². The summed E-state index contributed by atoms with van der Waals surface area (Å²) in [6, 6.07) is 8.41. The van der Waals surface area contributed by atoms with E-state index in [0.29, 0.717) is 35.9 Å². The molecule has 1 unspecified atom stereocenters. The normalized spacial score (nSPS) is 15.5. The lowest BCUT2D eigenvalue weighted by Crippen LogP contribution is -2.38. The van der Waals surface area contributed by atoms with Crippen LogP contribution in [0, 0.1) is 12.8 Å². The summed E-state index contributed by atoms with van der Waals surface area (Å²) >= 11 is 14.5. The molecule has 11 heteroatoms. The first-order chi connectivity index (χ1) is 19.8. The lowest BCUT2D eigenvalue weighted by atomic mass is 9.90. The van der Waals surface area contributed by atoms with Gasteiger partial charge in [0.05, 0.1) is 33.9 Å². The van der Waals surface area contributed by atoms with Gasteiger partial charge in [0.1, 0.15) is 15.8 Å². The Hall–Kier alpha value is -2.33. The van der Waals surface area contributed by atoms with Crippen LogP contribution in [0.15, 0.2) is 36.4 Å². The molecule has 42 heavy (non-hydrogen) atoms. The van der Waals surface area contributed by atoms with Gasteiger partial charge in [-0.3, -0.25) is 0 Å². The standard InChI is InChI=1S/C31H34Cl2F3NO4S/c1-18-27(42-28(37-18)21-9-13-22(14-10-21)31(34,35)36)24(40-17-19-7-5-4-6-8-19)16-12-20-11-15-23(26(33)25(20)32)41-30(2,3)29(38)39/h9-11,13-15,19,24H,4-8,12,16-17H2,1-3H3,(H,38,39). The van der Waals surface area contributed by atoms with Crippen molar-refractivity contribution in [3.63, 3.8) is 0 Å². The first-order valence-electron chi connectivity index (χ1n) is 13.9. The fourth-order valence-electron chi connectivity index (χ4n) is 4.98. The average molecular weight is 645 g/mol. The minimum absolute atomic E-state index is 0.140. The van der Waals surface area contributed by atoms with E-state index < -0.39 is 23.3 Å². The zero-order chi connectivity index (χ0) is 30.7. The largest absolute Gasteiger partial charge is 0.478 e. The number of carbonyl (C=O) groups is 1. The van der Waals surface area contributed by atoms with E-state index in [2.05, 4.69) is 4.98 Å². The van der Waals surface area contributed by atoms with E-state index in [4.69, 9.17) is 32.7 Å². The minimum Gasteiger partial charge on any atom is -0.478 e. The summed E-state index contributed by atoms with van der Waals surface area (Å²) in [6.45, 7) is 5.36. The fourth-order valence-corrected chi connectivity index (χ4v) is 6.61. The lowest BCUT2D eigenvalue weighted by molar-refractivity contribution is -0.152. The van der Waals surface area contributed by atoms with E-state index in [0.717, 1.165) is 41.1 Å². The Morgan fingerprint density at radius 1 is 1.07 bits per heavy atom. The molecule has 1 N–H and O–H groups in total. The topological polar surface area (TPSA) is 68.7 Å². The predicted octanol–water partition coefficient (Wildman–Crippen LogP) is 9.96. The number of carboxylic acids is 1. The smallest absolute Gasteiger partial charge is 0.416 e. The van der Waals surface area contributed by atoms with Gasteiger partial charge in [-0.15, -0.1) is 11.3 Å². The number of carboxylic acid groups (broad SMARTS) is 1. The highest BCUT2D eigenvalue weighted by Crippen LogP contribution is 2.41. The quantitative estimate of drug-likeness (QED) is 0.225.